The number of nitrogens with zero attached hydrogens (tertiary/aromatic N) is 3. The molecule has 2 heterocycles. The van der Waals surface area contributed by atoms with Crippen molar-refractivity contribution in [3.8, 4) is 0 Å². The molecule has 2 rings (SSSR count). The van der Waals surface area contributed by atoms with E-state index < -0.39 is 0 Å². The van der Waals surface area contributed by atoms with Crippen LogP contribution < -0.4 is 5.73 Å². The van der Waals surface area contributed by atoms with E-state index in [1.807, 2.05) is 0 Å². The van der Waals surface area contributed by atoms with Crippen molar-refractivity contribution < 1.29 is 4.79 Å². The molecular formula is C7H11N5O. The molecule has 70 valence electrons. The number of H-pyrrole nitrogens is 1. The number of carbonyl (C=O) groups is 1. The van der Waals surface area contributed by atoms with E-state index in [4.69, 9.17) is 5.73 Å². The number of amides is 1. The number of nitrogens with two attached hydrogens (primary N) is 1. The normalized spacial score (nSPS) is 22.2. The average molecular weight is 181 g/mol. The first-order valence-corrected chi connectivity index (χ1v) is 4.17. The zero-order chi connectivity index (χ0) is 9.26. The van der Waals surface area contributed by atoms with Gasteiger partial charge in [0, 0.05) is 19.1 Å². The maximum absolute atomic E-state index is 11.6. The summed E-state index contributed by atoms with van der Waals surface area (Å²) >= 11 is 0. The Labute approximate surface area is 75.1 Å². The van der Waals surface area contributed by atoms with Crippen LogP contribution in [0.25, 0.3) is 0 Å². The molecule has 3 N–H and O–H groups in total. The van der Waals surface area contributed by atoms with Gasteiger partial charge in [0.1, 0.15) is 6.33 Å². The summed E-state index contributed by atoms with van der Waals surface area (Å²) in [6.07, 6.45) is 2.18. The van der Waals surface area contributed by atoms with Gasteiger partial charge in [-0.2, -0.15) is 5.10 Å². The summed E-state index contributed by atoms with van der Waals surface area (Å²) in [4.78, 5) is 17.1. The van der Waals surface area contributed by atoms with Crippen molar-refractivity contribution in [1.82, 2.24) is 20.1 Å². The lowest BCUT2D eigenvalue weighted by Gasteiger charge is -2.12. The van der Waals surface area contributed by atoms with Gasteiger partial charge in [0.05, 0.1) is 0 Å². The molecule has 13 heavy (non-hydrogen) atoms. The Bertz CT molecular complexity index is 296. The van der Waals surface area contributed by atoms with Crippen LogP contribution in [-0.4, -0.2) is 45.1 Å². The SMILES string of the molecule is N[C@H]1CCN(C(=O)c2ncn[nH]2)C1. The van der Waals surface area contributed by atoms with Gasteiger partial charge in [-0.05, 0) is 6.42 Å². The predicted molar refractivity (Wildman–Crippen MR) is 44.9 cm³/mol. The molecule has 0 bridgehead atoms. The van der Waals surface area contributed by atoms with Crippen LogP contribution in [-0.2, 0) is 0 Å². The summed E-state index contributed by atoms with van der Waals surface area (Å²) in [6, 6.07) is 0.104. The van der Waals surface area contributed by atoms with E-state index in [-0.39, 0.29) is 17.8 Å². The van der Waals surface area contributed by atoms with Crippen molar-refractivity contribution in [1.29, 1.82) is 0 Å². The second kappa shape index (κ2) is 3.14. The van der Waals surface area contributed by atoms with E-state index in [9.17, 15) is 4.79 Å². The monoisotopic (exact) mass is 181 g/mol. The van der Waals surface area contributed by atoms with Crippen LogP contribution in [0.4, 0.5) is 0 Å². The van der Waals surface area contributed by atoms with Crippen LogP contribution in [0.2, 0.25) is 0 Å². The number of likely N-dealkylation sites (tertiary alicyclic amines) is 1. The second-order valence-corrected chi connectivity index (χ2v) is 3.13. The van der Waals surface area contributed by atoms with Crippen LogP contribution in [0.1, 0.15) is 17.0 Å². The second-order valence-electron chi connectivity index (χ2n) is 3.13. The summed E-state index contributed by atoms with van der Waals surface area (Å²) < 4.78 is 0. The van der Waals surface area contributed by atoms with Crippen molar-refractivity contribution in [2.75, 3.05) is 13.1 Å². The standard InChI is InChI=1S/C7H11N5O/c8-5-1-2-12(3-5)7(13)6-9-4-10-11-6/h4-5H,1-3,8H2,(H,9,10,11)/t5-/m0/s1. The quantitative estimate of drug-likeness (QED) is 0.580. The third-order valence-corrected chi connectivity index (χ3v) is 2.13. The molecule has 1 amide bonds. The molecule has 1 fully saturated rings. The van der Waals surface area contributed by atoms with Gasteiger partial charge in [0.2, 0.25) is 5.82 Å². The summed E-state index contributed by atoms with van der Waals surface area (Å²) in [6.45, 7) is 1.32. The highest BCUT2D eigenvalue weighted by Gasteiger charge is 2.25. The van der Waals surface area contributed by atoms with E-state index in [1.54, 1.807) is 4.90 Å². The molecule has 1 aromatic heterocycles. The minimum absolute atomic E-state index is 0.104. The fourth-order valence-corrected chi connectivity index (χ4v) is 1.43. The number of nitrogens with one attached hydrogen (secondary N) is 1. The maximum Gasteiger partial charge on any atom is 0.291 e. The largest absolute Gasteiger partial charge is 0.334 e. The van der Waals surface area contributed by atoms with E-state index in [0.717, 1.165) is 6.42 Å². The molecule has 1 atom stereocenters. The van der Waals surface area contributed by atoms with Crippen LogP contribution in [0.5, 0.6) is 0 Å². The van der Waals surface area contributed by atoms with Gasteiger partial charge in [-0.15, -0.1) is 0 Å². The molecular weight excluding hydrogens is 170 g/mol. The highest BCUT2D eigenvalue weighted by atomic mass is 16.2. The van der Waals surface area contributed by atoms with Crippen molar-refractivity contribution in [2.24, 2.45) is 5.73 Å². The molecule has 0 radical (unpaired) electrons. The van der Waals surface area contributed by atoms with E-state index in [0.29, 0.717) is 13.1 Å². The Hall–Kier alpha value is -1.43. The average Bonchev–Trinajstić information content (AvgIpc) is 2.72. The molecule has 0 saturated carbocycles. The van der Waals surface area contributed by atoms with Gasteiger partial charge >= 0.3 is 0 Å². The minimum atomic E-state index is -0.120. The van der Waals surface area contributed by atoms with Gasteiger partial charge in [-0.3, -0.25) is 9.89 Å². The fraction of sp³-hybridized carbons (Fsp3) is 0.571. The number of aromatic amines is 1. The van der Waals surface area contributed by atoms with Crippen molar-refractivity contribution >= 4 is 5.91 Å². The lowest BCUT2D eigenvalue weighted by Crippen LogP contribution is -2.32. The molecule has 1 aromatic rings. The maximum atomic E-state index is 11.6. The first-order valence-electron chi connectivity index (χ1n) is 4.17. The van der Waals surface area contributed by atoms with Gasteiger partial charge in [0.15, 0.2) is 0 Å². The number of carbonyl (C=O) groups excluding carboxylic acids is 1. The topological polar surface area (TPSA) is 87.9 Å². The van der Waals surface area contributed by atoms with Gasteiger partial charge in [-0.25, -0.2) is 4.98 Å². The van der Waals surface area contributed by atoms with Crippen LogP contribution in [0.3, 0.4) is 0 Å². The molecule has 6 nitrogen and oxygen atoms in total. The third kappa shape index (κ3) is 1.52. The highest BCUT2D eigenvalue weighted by molar-refractivity contribution is 5.90. The van der Waals surface area contributed by atoms with Crippen LogP contribution in [0.15, 0.2) is 6.33 Å². The molecule has 1 saturated heterocycles. The zero-order valence-corrected chi connectivity index (χ0v) is 7.10. The molecule has 1 aliphatic heterocycles. The molecule has 0 unspecified atom stereocenters. The summed E-state index contributed by atoms with van der Waals surface area (Å²) in [5.74, 6) is 0.166. The van der Waals surface area contributed by atoms with Crippen LogP contribution in [0, 0.1) is 0 Å². The zero-order valence-electron chi connectivity index (χ0n) is 7.10. The van der Waals surface area contributed by atoms with E-state index >= 15 is 0 Å². The third-order valence-electron chi connectivity index (χ3n) is 2.13. The Morgan fingerprint density at radius 2 is 2.62 bits per heavy atom. The number of hydrogen-bond donors (Lipinski definition) is 2. The predicted octanol–water partition coefficient (Wildman–Crippen LogP) is -1.02. The number of aromatic nitrogens is 3. The molecule has 0 aromatic carbocycles. The van der Waals surface area contributed by atoms with E-state index in [2.05, 4.69) is 15.2 Å². The Balaban J connectivity index is 2.06. The number of hydrogen-bond acceptors (Lipinski definition) is 4. The Kier molecular flexibility index (Phi) is 1.97. The molecule has 0 aliphatic carbocycles. The van der Waals surface area contributed by atoms with Crippen LogP contribution >= 0.6 is 0 Å². The first-order chi connectivity index (χ1) is 6.27. The summed E-state index contributed by atoms with van der Waals surface area (Å²) in [5.41, 5.74) is 5.68. The van der Waals surface area contributed by atoms with Gasteiger partial charge in [0.25, 0.3) is 5.91 Å². The minimum Gasteiger partial charge on any atom is -0.334 e. The lowest BCUT2D eigenvalue weighted by atomic mass is 10.3. The highest BCUT2D eigenvalue weighted by Crippen LogP contribution is 2.09. The van der Waals surface area contributed by atoms with Gasteiger partial charge < -0.3 is 10.6 Å². The molecule has 0 spiro atoms. The fourth-order valence-electron chi connectivity index (χ4n) is 1.43. The Morgan fingerprint density at radius 3 is 3.15 bits per heavy atom. The lowest BCUT2D eigenvalue weighted by molar-refractivity contribution is 0.0779. The number of rotatable bonds is 1. The molecule has 6 heteroatoms. The van der Waals surface area contributed by atoms with Crippen molar-refractivity contribution in [2.45, 2.75) is 12.5 Å². The summed E-state index contributed by atoms with van der Waals surface area (Å²) in [5, 5.41) is 6.15. The molecule has 1 aliphatic rings. The first kappa shape index (κ1) is 8.18. The smallest absolute Gasteiger partial charge is 0.291 e. The van der Waals surface area contributed by atoms with Gasteiger partial charge in [-0.1, -0.05) is 0 Å². The van der Waals surface area contributed by atoms with Crippen molar-refractivity contribution in [3.05, 3.63) is 12.2 Å². The van der Waals surface area contributed by atoms with Crippen molar-refractivity contribution in [3.63, 3.8) is 0 Å². The van der Waals surface area contributed by atoms with E-state index in [1.165, 1.54) is 6.33 Å². The summed E-state index contributed by atoms with van der Waals surface area (Å²) in [7, 11) is 0. The Morgan fingerprint density at radius 1 is 1.77 bits per heavy atom.